The summed E-state index contributed by atoms with van der Waals surface area (Å²) in [5.41, 5.74) is -0.628. The van der Waals surface area contributed by atoms with E-state index < -0.39 is 29.6 Å². The van der Waals surface area contributed by atoms with Crippen molar-refractivity contribution < 1.29 is 28.6 Å². The molecule has 1 aromatic rings. The SMILES string of the molecule is Cc1nc(OC2CN(C(=O)OC(C)(C)C)C2)c(F)cc1C(=O)O. The van der Waals surface area contributed by atoms with Gasteiger partial charge in [-0.25, -0.2) is 19.0 Å². The second kappa shape index (κ2) is 6.02. The number of rotatable bonds is 3. The van der Waals surface area contributed by atoms with Crippen molar-refractivity contribution in [2.24, 2.45) is 0 Å². The molecule has 0 spiro atoms. The number of aryl methyl sites for hydroxylation is 1. The molecule has 1 N–H and O–H groups in total. The quantitative estimate of drug-likeness (QED) is 0.916. The van der Waals surface area contributed by atoms with Crippen LogP contribution in [0.4, 0.5) is 9.18 Å². The van der Waals surface area contributed by atoms with Gasteiger partial charge in [-0.1, -0.05) is 0 Å². The molecule has 7 nitrogen and oxygen atoms in total. The Labute approximate surface area is 133 Å². The molecular weight excluding hydrogens is 307 g/mol. The molecule has 1 fully saturated rings. The van der Waals surface area contributed by atoms with Crippen LogP contribution in [-0.2, 0) is 4.74 Å². The maximum absolute atomic E-state index is 13.8. The van der Waals surface area contributed by atoms with Crippen LogP contribution in [0, 0.1) is 12.7 Å². The average Bonchev–Trinajstić information content (AvgIpc) is 2.33. The molecule has 0 unspecified atom stereocenters. The Balaban J connectivity index is 1.95. The molecule has 0 aromatic carbocycles. The molecule has 8 heteroatoms. The Morgan fingerprint density at radius 1 is 1.39 bits per heavy atom. The molecule has 126 valence electrons. The minimum Gasteiger partial charge on any atom is -0.478 e. The smallest absolute Gasteiger partial charge is 0.410 e. The second-order valence-electron chi connectivity index (χ2n) is 6.34. The van der Waals surface area contributed by atoms with Crippen LogP contribution in [0.15, 0.2) is 6.07 Å². The number of halogens is 1. The van der Waals surface area contributed by atoms with Crippen LogP contribution in [0.3, 0.4) is 0 Å². The highest BCUT2D eigenvalue weighted by Crippen LogP contribution is 2.23. The highest BCUT2D eigenvalue weighted by molar-refractivity contribution is 5.88. The third-order valence-corrected chi connectivity index (χ3v) is 3.14. The van der Waals surface area contributed by atoms with Gasteiger partial charge in [-0.3, -0.25) is 0 Å². The van der Waals surface area contributed by atoms with Crippen molar-refractivity contribution >= 4 is 12.1 Å². The summed E-state index contributed by atoms with van der Waals surface area (Å²) in [6.07, 6.45) is -0.859. The summed E-state index contributed by atoms with van der Waals surface area (Å²) in [5.74, 6) is -2.36. The van der Waals surface area contributed by atoms with Crippen LogP contribution < -0.4 is 4.74 Å². The van der Waals surface area contributed by atoms with Gasteiger partial charge in [0.15, 0.2) is 5.82 Å². The zero-order valence-electron chi connectivity index (χ0n) is 13.4. The summed E-state index contributed by atoms with van der Waals surface area (Å²) in [5, 5.41) is 8.90. The van der Waals surface area contributed by atoms with Crippen LogP contribution in [-0.4, -0.2) is 51.8 Å². The fraction of sp³-hybridized carbons (Fsp3) is 0.533. The molecule has 0 radical (unpaired) electrons. The van der Waals surface area contributed by atoms with Crippen molar-refractivity contribution in [2.45, 2.75) is 39.4 Å². The summed E-state index contributed by atoms with van der Waals surface area (Å²) in [6.45, 7) is 7.29. The van der Waals surface area contributed by atoms with Crippen LogP contribution >= 0.6 is 0 Å². The van der Waals surface area contributed by atoms with E-state index in [9.17, 15) is 14.0 Å². The third-order valence-electron chi connectivity index (χ3n) is 3.14. The molecule has 2 rings (SSSR count). The van der Waals surface area contributed by atoms with Gasteiger partial charge in [0.1, 0.15) is 11.7 Å². The summed E-state index contributed by atoms with van der Waals surface area (Å²) >= 11 is 0. The Kier molecular flexibility index (Phi) is 4.44. The molecule has 0 aliphatic carbocycles. The minimum atomic E-state index is -1.25. The number of hydrogen-bond donors (Lipinski definition) is 1. The number of carboxylic acids is 1. The maximum Gasteiger partial charge on any atom is 0.410 e. The van der Waals surface area contributed by atoms with E-state index in [2.05, 4.69) is 4.98 Å². The van der Waals surface area contributed by atoms with Gasteiger partial charge in [0.25, 0.3) is 5.88 Å². The number of aromatic carboxylic acids is 1. The molecule has 1 aliphatic heterocycles. The predicted octanol–water partition coefficient (Wildman–Crippen LogP) is 2.23. The van der Waals surface area contributed by atoms with Crippen LogP contribution in [0.2, 0.25) is 0 Å². The number of ether oxygens (including phenoxy) is 2. The zero-order valence-corrected chi connectivity index (χ0v) is 13.4. The Morgan fingerprint density at radius 3 is 2.52 bits per heavy atom. The molecule has 1 saturated heterocycles. The van der Waals surface area contributed by atoms with Crippen molar-refractivity contribution in [3.63, 3.8) is 0 Å². The molecule has 23 heavy (non-hydrogen) atoms. The Bertz CT molecular complexity index is 635. The third kappa shape index (κ3) is 4.08. The van der Waals surface area contributed by atoms with Crippen molar-refractivity contribution in [3.8, 4) is 5.88 Å². The Hall–Kier alpha value is -2.38. The number of carbonyl (C=O) groups is 2. The monoisotopic (exact) mass is 326 g/mol. The van der Waals surface area contributed by atoms with Crippen LogP contribution in [0.1, 0.15) is 36.8 Å². The van der Waals surface area contributed by atoms with Gasteiger partial charge < -0.3 is 19.5 Å². The molecule has 1 amide bonds. The van der Waals surface area contributed by atoms with Gasteiger partial charge in [-0.05, 0) is 33.8 Å². The summed E-state index contributed by atoms with van der Waals surface area (Å²) in [6, 6.07) is 0.879. The van der Waals surface area contributed by atoms with Crippen LogP contribution in [0.5, 0.6) is 5.88 Å². The molecule has 1 aliphatic rings. The topological polar surface area (TPSA) is 89.0 Å². The van der Waals surface area contributed by atoms with E-state index in [-0.39, 0.29) is 30.2 Å². The van der Waals surface area contributed by atoms with Crippen molar-refractivity contribution in [1.82, 2.24) is 9.88 Å². The average molecular weight is 326 g/mol. The first-order chi connectivity index (χ1) is 10.6. The van der Waals surface area contributed by atoms with E-state index in [1.165, 1.54) is 11.8 Å². The normalized spacial score (nSPS) is 15.1. The standard InChI is InChI=1S/C15H19FN2O5/c1-8-10(13(19)20)5-11(16)12(17-8)22-9-6-18(7-9)14(21)23-15(2,3)4/h5,9H,6-7H2,1-4H3,(H,19,20). The fourth-order valence-electron chi connectivity index (χ4n) is 2.00. The first-order valence-corrected chi connectivity index (χ1v) is 7.12. The zero-order chi connectivity index (χ0) is 17.4. The van der Waals surface area contributed by atoms with Crippen LogP contribution in [0.25, 0.3) is 0 Å². The fourth-order valence-corrected chi connectivity index (χ4v) is 2.00. The number of aromatic nitrogens is 1. The number of nitrogens with zero attached hydrogens (tertiary/aromatic N) is 2. The first-order valence-electron chi connectivity index (χ1n) is 7.12. The lowest BCUT2D eigenvalue weighted by atomic mass is 10.1. The maximum atomic E-state index is 13.8. The lowest BCUT2D eigenvalue weighted by Gasteiger charge is -2.39. The minimum absolute atomic E-state index is 0.164. The molecular formula is C15H19FN2O5. The highest BCUT2D eigenvalue weighted by Gasteiger charge is 2.36. The largest absolute Gasteiger partial charge is 0.478 e. The molecule has 0 bridgehead atoms. The lowest BCUT2D eigenvalue weighted by molar-refractivity contribution is -0.0241. The van der Waals surface area contributed by atoms with Gasteiger partial charge >= 0.3 is 12.1 Å². The summed E-state index contributed by atoms with van der Waals surface area (Å²) < 4.78 is 24.4. The summed E-state index contributed by atoms with van der Waals surface area (Å²) in [7, 11) is 0. The molecule has 1 aromatic heterocycles. The van der Waals surface area contributed by atoms with Gasteiger partial charge in [0, 0.05) is 0 Å². The van der Waals surface area contributed by atoms with Gasteiger partial charge in [-0.2, -0.15) is 0 Å². The number of pyridine rings is 1. The van der Waals surface area contributed by atoms with E-state index >= 15 is 0 Å². The van der Waals surface area contributed by atoms with Gasteiger partial charge in [0.05, 0.1) is 24.3 Å². The molecule has 0 saturated carbocycles. The van der Waals surface area contributed by atoms with E-state index in [4.69, 9.17) is 14.6 Å². The van der Waals surface area contributed by atoms with Gasteiger partial charge in [-0.15, -0.1) is 0 Å². The second-order valence-corrected chi connectivity index (χ2v) is 6.34. The number of carboxylic acid groups (broad SMARTS) is 1. The molecule has 2 heterocycles. The lowest BCUT2D eigenvalue weighted by Crippen LogP contribution is -2.57. The number of hydrogen-bond acceptors (Lipinski definition) is 5. The van der Waals surface area contributed by atoms with E-state index in [1.807, 2.05) is 0 Å². The Morgan fingerprint density at radius 2 is 2.00 bits per heavy atom. The number of likely N-dealkylation sites (tertiary alicyclic amines) is 1. The highest BCUT2D eigenvalue weighted by atomic mass is 19.1. The van der Waals surface area contributed by atoms with Crippen molar-refractivity contribution in [2.75, 3.05) is 13.1 Å². The predicted molar refractivity (Wildman–Crippen MR) is 78.1 cm³/mol. The first kappa shape index (κ1) is 17.0. The summed E-state index contributed by atoms with van der Waals surface area (Å²) in [4.78, 5) is 27.9. The number of carbonyl (C=O) groups excluding carboxylic acids is 1. The van der Waals surface area contributed by atoms with E-state index in [0.29, 0.717) is 0 Å². The van der Waals surface area contributed by atoms with Gasteiger partial charge in [0.2, 0.25) is 0 Å². The van der Waals surface area contributed by atoms with E-state index in [0.717, 1.165) is 6.07 Å². The molecule has 0 atom stereocenters. The van der Waals surface area contributed by atoms with Crippen molar-refractivity contribution in [1.29, 1.82) is 0 Å². The van der Waals surface area contributed by atoms with E-state index in [1.54, 1.807) is 20.8 Å². The number of amides is 1. The van der Waals surface area contributed by atoms with Crippen molar-refractivity contribution in [3.05, 3.63) is 23.1 Å².